The van der Waals surface area contributed by atoms with E-state index < -0.39 is 0 Å². The predicted molar refractivity (Wildman–Crippen MR) is 91.0 cm³/mol. The molecule has 132 valence electrons. The number of rotatable bonds is 6. The lowest BCUT2D eigenvalue weighted by Crippen LogP contribution is -2.33. The minimum Gasteiger partial charge on any atom is -0.352 e. The van der Waals surface area contributed by atoms with Crippen LogP contribution in [0.1, 0.15) is 25.8 Å². The third-order valence-electron chi connectivity index (χ3n) is 4.17. The predicted octanol–water partition coefficient (Wildman–Crippen LogP) is 0.987. The Labute approximate surface area is 146 Å². The summed E-state index contributed by atoms with van der Waals surface area (Å²) in [5.41, 5.74) is 1.78. The van der Waals surface area contributed by atoms with Crippen LogP contribution in [0.5, 0.6) is 0 Å². The molecule has 0 aliphatic carbocycles. The molecule has 1 aromatic heterocycles. The molecular weight excluding hydrogens is 320 g/mol. The summed E-state index contributed by atoms with van der Waals surface area (Å²) in [5, 5.41) is 16.8. The van der Waals surface area contributed by atoms with Gasteiger partial charge in [0.2, 0.25) is 17.6 Å². The van der Waals surface area contributed by atoms with E-state index in [2.05, 4.69) is 39.8 Å². The monoisotopic (exact) mass is 342 g/mol. The molecule has 0 spiro atoms. The highest BCUT2D eigenvalue weighted by Gasteiger charge is 2.34. The Morgan fingerprint density at radius 1 is 1.44 bits per heavy atom. The van der Waals surface area contributed by atoms with E-state index in [-0.39, 0.29) is 17.7 Å². The molecular formula is C17H22N6O2. The summed E-state index contributed by atoms with van der Waals surface area (Å²) in [6.45, 7) is 5.75. The molecule has 2 heterocycles. The Kier molecular flexibility index (Phi) is 5.06. The van der Waals surface area contributed by atoms with Crippen LogP contribution < -0.4 is 5.32 Å². The van der Waals surface area contributed by atoms with Gasteiger partial charge in [0, 0.05) is 31.6 Å². The number of hydrogen-bond donors (Lipinski definition) is 2. The first-order valence-corrected chi connectivity index (χ1v) is 8.41. The molecule has 2 aromatic rings. The minimum absolute atomic E-state index is 0.0629. The van der Waals surface area contributed by atoms with Crippen LogP contribution in [-0.4, -0.2) is 50.4 Å². The van der Waals surface area contributed by atoms with Crippen LogP contribution in [0.15, 0.2) is 24.3 Å². The van der Waals surface area contributed by atoms with Gasteiger partial charge in [0.25, 0.3) is 0 Å². The van der Waals surface area contributed by atoms with Crippen LogP contribution in [0, 0.1) is 11.8 Å². The van der Waals surface area contributed by atoms with Gasteiger partial charge in [-0.3, -0.25) is 9.59 Å². The molecule has 1 saturated heterocycles. The van der Waals surface area contributed by atoms with Crippen molar-refractivity contribution in [2.24, 2.45) is 11.8 Å². The molecule has 25 heavy (non-hydrogen) atoms. The van der Waals surface area contributed by atoms with E-state index in [0.29, 0.717) is 37.8 Å². The van der Waals surface area contributed by atoms with Gasteiger partial charge in [-0.25, -0.2) is 0 Å². The van der Waals surface area contributed by atoms with E-state index in [1.165, 1.54) is 0 Å². The van der Waals surface area contributed by atoms with Crippen molar-refractivity contribution in [3.63, 3.8) is 0 Å². The average Bonchev–Trinajstić information content (AvgIpc) is 3.23. The van der Waals surface area contributed by atoms with Crippen molar-refractivity contribution in [3.05, 3.63) is 29.8 Å². The van der Waals surface area contributed by atoms with Crippen LogP contribution in [0.25, 0.3) is 11.4 Å². The number of aromatic amines is 1. The summed E-state index contributed by atoms with van der Waals surface area (Å²) in [6.07, 6.45) is 0.293. The van der Waals surface area contributed by atoms with Crippen molar-refractivity contribution >= 4 is 11.8 Å². The molecule has 1 atom stereocenters. The fraction of sp³-hybridized carbons (Fsp3) is 0.471. The Morgan fingerprint density at radius 3 is 3.00 bits per heavy atom. The lowest BCUT2D eigenvalue weighted by molar-refractivity contribution is -0.129. The number of nitrogens with one attached hydrogen (secondary N) is 2. The third kappa shape index (κ3) is 4.20. The van der Waals surface area contributed by atoms with Gasteiger partial charge in [0.05, 0.1) is 5.92 Å². The van der Waals surface area contributed by atoms with Crippen molar-refractivity contribution in [1.82, 2.24) is 30.8 Å². The maximum absolute atomic E-state index is 12.4. The Morgan fingerprint density at radius 2 is 2.28 bits per heavy atom. The molecule has 8 heteroatoms. The molecule has 0 bridgehead atoms. The zero-order valence-corrected chi connectivity index (χ0v) is 14.4. The summed E-state index contributed by atoms with van der Waals surface area (Å²) >= 11 is 0. The van der Waals surface area contributed by atoms with Gasteiger partial charge in [0.15, 0.2) is 0 Å². The van der Waals surface area contributed by atoms with Gasteiger partial charge in [-0.05, 0) is 22.8 Å². The lowest BCUT2D eigenvalue weighted by atomic mass is 10.1. The number of H-pyrrole nitrogens is 1. The first-order chi connectivity index (χ1) is 12.0. The molecule has 8 nitrogen and oxygen atoms in total. The van der Waals surface area contributed by atoms with Gasteiger partial charge in [-0.1, -0.05) is 32.0 Å². The number of nitrogens with zero attached hydrogens (tertiary/aromatic N) is 4. The summed E-state index contributed by atoms with van der Waals surface area (Å²) < 4.78 is 0. The number of carbonyl (C=O) groups is 2. The number of hydrogen-bond acceptors (Lipinski definition) is 5. The maximum atomic E-state index is 12.4. The van der Waals surface area contributed by atoms with Gasteiger partial charge in [0.1, 0.15) is 0 Å². The number of amides is 2. The highest BCUT2D eigenvalue weighted by Crippen LogP contribution is 2.20. The number of carbonyl (C=O) groups excluding carboxylic acids is 2. The Bertz CT molecular complexity index is 743. The van der Waals surface area contributed by atoms with Gasteiger partial charge >= 0.3 is 0 Å². The largest absolute Gasteiger partial charge is 0.352 e. The summed E-state index contributed by atoms with van der Waals surface area (Å²) in [4.78, 5) is 26.2. The number of aromatic nitrogens is 4. The highest BCUT2D eigenvalue weighted by molar-refractivity contribution is 5.89. The van der Waals surface area contributed by atoms with Crippen LogP contribution in [0.4, 0.5) is 0 Å². The molecule has 1 aliphatic rings. The second-order valence-electron chi connectivity index (χ2n) is 6.75. The first kappa shape index (κ1) is 17.1. The van der Waals surface area contributed by atoms with Gasteiger partial charge < -0.3 is 10.2 Å². The SMILES string of the molecule is CC(C)CN1C[C@H](C(=O)NCc2cccc(-c3nn[nH]n3)c2)CC1=O. The van der Waals surface area contributed by atoms with E-state index in [9.17, 15) is 9.59 Å². The summed E-state index contributed by atoms with van der Waals surface area (Å²) in [5.74, 6) is 0.627. The molecule has 2 N–H and O–H groups in total. The minimum atomic E-state index is -0.272. The molecule has 0 saturated carbocycles. The van der Waals surface area contributed by atoms with E-state index in [1.807, 2.05) is 24.3 Å². The fourth-order valence-corrected chi connectivity index (χ4v) is 3.00. The van der Waals surface area contributed by atoms with Crippen LogP contribution in [-0.2, 0) is 16.1 Å². The smallest absolute Gasteiger partial charge is 0.225 e. The zero-order chi connectivity index (χ0) is 17.8. The van der Waals surface area contributed by atoms with E-state index in [4.69, 9.17) is 0 Å². The zero-order valence-electron chi connectivity index (χ0n) is 14.4. The molecule has 1 fully saturated rings. The van der Waals surface area contributed by atoms with Crippen LogP contribution in [0.3, 0.4) is 0 Å². The third-order valence-corrected chi connectivity index (χ3v) is 4.17. The topological polar surface area (TPSA) is 104 Å². The first-order valence-electron chi connectivity index (χ1n) is 8.41. The van der Waals surface area contributed by atoms with E-state index in [0.717, 1.165) is 11.1 Å². The number of likely N-dealkylation sites (tertiary alicyclic amines) is 1. The molecule has 1 aliphatic heterocycles. The van der Waals surface area contributed by atoms with Crippen LogP contribution in [0.2, 0.25) is 0 Å². The normalized spacial score (nSPS) is 17.3. The van der Waals surface area contributed by atoms with Crippen molar-refractivity contribution in [2.45, 2.75) is 26.8 Å². The number of benzene rings is 1. The second kappa shape index (κ2) is 7.42. The van der Waals surface area contributed by atoms with Gasteiger partial charge in [-0.2, -0.15) is 5.21 Å². The second-order valence-corrected chi connectivity index (χ2v) is 6.75. The van der Waals surface area contributed by atoms with Gasteiger partial charge in [-0.15, -0.1) is 10.2 Å². The average molecular weight is 342 g/mol. The standard InChI is InChI=1S/C17H22N6O2/c1-11(2)9-23-10-14(7-15(23)24)17(25)18-8-12-4-3-5-13(6-12)16-19-21-22-20-16/h3-6,11,14H,7-10H2,1-2H3,(H,18,25)(H,19,20,21,22)/t14-/m1/s1. The molecule has 0 radical (unpaired) electrons. The highest BCUT2D eigenvalue weighted by atomic mass is 16.2. The fourth-order valence-electron chi connectivity index (χ4n) is 3.00. The Balaban J connectivity index is 1.56. The van der Waals surface area contributed by atoms with Crippen molar-refractivity contribution < 1.29 is 9.59 Å². The maximum Gasteiger partial charge on any atom is 0.225 e. The van der Waals surface area contributed by atoms with E-state index in [1.54, 1.807) is 4.90 Å². The quantitative estimate of drug-likeness (QED) is 0.815. The number of tetrazole rings is 1. The van der Waals surface area contributed by atoms with Crippen molar-refractivity contribution in [2.75, 3.05) is 13.1 Å². The molecule has 1 aromatic carbocycles. The Hall–Kier alpha value is -2.77. The van der Waals surface area contributed by atoms with Crippen LogP contribution >= 0.6 is 0 Å². The molecule has 2 amide bonds. The van der Waals surface area contributed by atoms with E-state index >= 15 is 0 Å². The summed E-state index contributed by atoms with van der Waals surface area (Å²) in [6, 6.07) is 7.61. The van der Waals surface area contributed by atoms with Crippen molar-refractivity contribution in [3.8, 4) is 11.4 Å². The lowest BCUT2D eigenvalue weighted by Gasteiger charge is -2.18. The summed E-state index contributed by atoms with van der Waals surface area (Å²) in [7, 11) is 0. The molecule has 3 rings (SSSR count). The van der Waals surface area contributed by atoms with Crippen molar-refractivity contribution in [1.29, 1.82) is 0 Å². The molecule has 0 unspecified atom stereocenters.